The Morgan fingerprint density at radius 2 is 1.60 bits per heavy atom. The normalized spacial score (nSPS) is 21.6. The first-order valence-corrected chi connectivity index (χ1v) is 11.2. The topological polar surface area (TPSA) is 44.8 Å². The number of ether oxygens (including phenoxy) is 1. The zero-order valence-corrected chi connectivity index (χ0v) is 17.9. The summed E-state index contributed by atoms with van der Waals surface area (Å²) in [5.74, 6) is 0.0836. The molecule has 2 saturated heterocycles. The van der Waals surface area contributed by atoms with Gasteiger partial charge in [0, 0.05) is 39.3 Å². The number of carbonyl (C=O) groups is 1. The van der Waals surface area contributed by atoms with E-state index in [0.29, 0.717) is 6.10 Å². The van der Waals surface area contributed by atoms with Crippen LogP contribution >= 0.6 is 0 Å². The van der Waals surface area contributed by atoms with Gasteiger partial charge in [-0.25, -0.2) is 0 Å². The second kappa shape index (κ2) is 10.2. The molecular formula is C25H33N3O2. The number of nitrogens with one attached hydrogen (secondary N) is 1. The lowest BCUT2D eigenvalue weighted by Crippen LogP contribution is -2.55. The van der Waals surface area contributed by atoms with Gasteiger partial charge in [0.1, 0.15) is 0 Å². The van der Waals surface area contributed by atoms with Crippen molar-refractivity contribution in [3.8, 4) is 0 Å². The third-order valence-electron chi connectivity index (χ3n) is 6.37. The summed E-state index contributed by atoms with van der Waals surface area (Å²) >= 11 is 0. The first-order chi connectivity index (χ1) is 14.7. The van der Waals surface area contributed by atoms with Crippen molar-refractivity contribution < 1.29 is 9.53 Å². The van der Waals surface area contributed by atoms with Gasteiger partial charge in [-0.3, -0.25) is 14.6 Å². The van der Waals surface area contributed by atoms with Gasteiger partial charge in [-0.15, -0.1) is 0 Å². The molecule has 2 aliphatic rings. The summed E-state index contributed by atoms with van der Waals surface area (Å²) in [5.41, 5.74) is 2.20. The molecule has 30 heavy (non-hydrogen) atoms. The van der Waals surface area contributed by atoms with Crippen LogP contribution in [0.25, 0.3) is 0 Å². The molecule has 2 aromatic carbocycles. The van der Waals surface area contributed by atoms with E-state index in [1.807, 2.05) is 43.3 Å². The first kappa shape index (κ1) is 21.0. The number of hydrogen-bond acceptors (Lipinski definition) is 4. The van der Waals surface area contributed by atoms with Crippen LogP contribution in [0.3, 0.4) is 0 Å². The van der Waals surface area contributed by atoms with E-state index in [0.717, 1.165) is 50.5 Å². The van der Waals surface area contributed by atoms with E-state index in [2.05, 4.69) is 39.4 Å². The minimum atomic E-state index is -0.148. The number of nitrogens with zero attached hydrogens (tertiary/aromatic N) is 2. The maximum absolute atomic E-state index is 13.2. The number of piperazine rings is 1. The molecular weight excluding hydrogens is 374 g/mol. The highest BCUT2D eigenvalue weighted by Crippen LogP contribution is 2.22. The van der Waals surface area contributed by atoms with Crippen molar-refractivity contribution in [3.63, 3.8) is 0 Å². The summed E-state index contributed by atoms with van der Waals surface area (Å²) in [4.78, 5) is 18.0. The largest absolute Gasteiger partial charge is 0.377 e. The summed E-state index contributed by atoms with van der Waals surface area (Å²) < 4.78 is 5.78. The van der Waals surface area contributed by atoms with Crippen LogP contribution in [-0.2, 0) is 9.53 Å². The van der Waals surface area contributed by atoms with Gasteiger partial charge in [0.15, 0.2) is 0 Å². The molecule has 2 aromatic rings. The SMILES string of the molecule is CC(C(=O)NC(c1ccccc1)c1ccccc1)N1CCN(CC2CCCO2)CC1. The first-order valence-electron chi connectivity index (χ1n) is 11.2. The molecule has 5 nitrogen and oxygen atoms in total. The van der Waals surface area contributed by atoms with Gasteiger partial charge in [-0.05, 0) is 30.9 Å². The molecule has 0 aromatic heterocycles. The number of hydrogen-bond donors (Lipinski definition) is 1. The molecule has 1 amide bonds. The lowest BCUT2D eigenvalue weighted by Gasteiger charge is -2.38. The molecule has 5 heteroatoms. The third kappa shape index (κ3) is 5.28. The third-order valence-corrected chi connectivity index (χ3v) is 6.37. The Morgan fingerprint density at radius 1 is 1.00 bits per heavy atom. The summed E-state index contributed by atoms with van der Waals surface area (Å²) in [5, 5.41) is 3.30. The molecule has 2 heterocycles. The molecule has 2 aliphatic heterocycles. The van der Waals surface area contributed by atoms with Crippen LogP contribution in [0, 0.1) is 0 Å². The molecule has 0 bridgehead atoms. The summed E-state index contributed by atoms with van der Waals surface area (Å²) in [6, 6.07) is 20.1. The van der Waals surface area contributed by atoms with Gasteiger partial charge in [-0.2, -0.15) is 0 Å². The van der Waals surface area contributed by atoms with E-state index in [-0.39, 0.29) is 18.0 Å². The van der Waals surface area contributed by atoms with Crippen LogP contribution in [0.1, 0.15) is 36.9 Å². The Bertz CT molecular complexity index is 745. The van der Waals surface area contributed by atoms with Gasteiger partial charge < -0.3 is 10.1 Å². The monoisotopic (exact) mass is 407 g/mol. The Hall–Kier alpha value is -2.21. The highest BCUT2D eigenvalue weighted by Gasteiger charge is 2.29. The van der Waals surface area contributed by atoms with E-state index in [1.54, 1.807) is 0 Å². The van der Waals surface area contributed by atoms with E-state index in [1.165, 1.54) is 12.8 Å². The van der Waals surface area contributed by atoms with E-state index in [4.69, 9.17) is 4.74 Å². The smallest absolute Gasteiger partial charge is 0.237 e. The Morgan fingerprint density at radius 3 is 2.13 bits per heavy atom. The average Bonchev–Trinajstić information content (AvgIpc) is 3.31. The average molecular weight is 408 g/mol. The van der Waals surface area contributed by atoms with Crippen molar-refractivity contribution in [2.45, 2.75) is 38.0 Å². The Kier molecular flexibility index (Phi) is 7.16. The minimum absolute atomic E-state index is 0.0836. The number of rotatable bonds is 7. The fraction of sp³-hybridized carbons (Fsp3) is 0.480. The molecule has 0 saturated carbocycles. The van der Waals surface area contributed by atoms with Gasteiger partial charge >= 0.3 is 0 Å². The fourth-order valence-electron chi connectivity index (χ4n) is 4.49. The van der Waals surface area contributed by atoms with Crippen LogP contribution in [0.2, 0.25) is 0 Å². The van der Waals surface area contributed by atoms with E-state index in [9.17, 15) is 4.79 Å². The maximum atomic E-state index is 13.2. The number of carbonyl (C=O) groups excluding carboxylic acids is 1. The van der Waals surface area contributed by atoms with Crippen LogP contribution in [0.4, 0.5) is 0 Å². The van der Waals surface area contributed by atoms with E-state index < -0.39 is 0 Å². The zero-order valence-electron chi connectivity index (χ0n) is 17.9. The quantitative estimate of drug-likeness (QED) is 0.766. The standard InChI is InChI=1S/C25H33N3O2/c1-20(28-16-14-27(15-17-28)19-23-13-8-18-30-23)25(29)26-24(21-9-4-2-5-10-21)22-11-6-3-7-12-22/h2-7,9-12,20,23-24H,8,13-19H2,1H3,(H,26,29). The molecule has 2 unspecified atom stereocenters. The molecule has 0 aliphatic carbocycles. The second-order valence-electron chi connectivity index (χ2n) is 8.41. The Balaban J connectivity index is 1.35. The molecule has 0 spiro atoms. The Labute approximate surface area is 180 Å². The van der Waals surface area contributed by atoms with Crippen LogP contribution in [0.5, 0.6) is 0 Å². The highest BCUT2D eigenvalue weighted by molar-refractivity contribution is 5.82. The number of amides is 1. The van der Waals surface area contributed by atoms with Crippen molar-refractivity contribution in [3.05, 3.63) is 71.8 Å². The fourth-order valence-corrected chi connectivity index (χ4v) is 4.49. The maximum Gasteiger partial charge on any atom is 0.237 e. The molecule has 160 valence electrons. The van der Waals surface area contributed by atoms with Gasteiger partial charge in [0.05, 0.1) is 18.2 Å². The van der Waals surface area contributed by atoms with Crippen molar-refractivity contribution in [1.29, 1.82) is 0 Å². The lowest BCUT2D eigenvalue weighted by molar-refractivity contribution is -0.127. The van der Waals surface area contributed by atoms with Gasteiger partial charge in [0.2, 0.25) is 5.91 Å². The van der Waals surface area contributed by atoms with Crippen molar-refractivity contribution >= 4 is 5.91 Å². The molecule has 2 fully saturated rings. The summed E-state index contributed by atoms with van der Waals surface area (Å²) in [7, 11) is 0. The predicted molar refractivity (Wildman–Crippen MR) is 119 cm³/mol. The molecule has 0 radical (unpaired) electrons. The van der Waals surface area contributed by atoms with Crippen LogP contribution in [-0.4, -0.2) is 67.2 Å². The van der Waals surface area contributed by atoms with Crippen LogP contribution < -0.4 is 5.32 Å². The summed E-state index contributed by atoms with van der Waals surface area (Å²) in [6.45, 7) is 7.80. The zero-order chi connectivity index (χ0) is 20.8. The van der Waals surface area contributed by atoms with Crippen molar-refractivity contribution in [2.75, 3.05) is 39.3 Å². The molecule has 4 rings (SSSR count). The molecule has 2 atom stereocenters. The van der Waals surface area contributed by atoms with Crippen LogP contribution in [0.15, 0.2) is 60.7 Å². The van der Waals surface area contributed by atoms with Gasteiger partial charge in [-0.1, -0.05) is 60.7 Å². The minimum Gasteiger partial charge on any atom is -0.377 e. The highest BCUT2D eigenvalue weighted by atomic mass is 16.5. The summed E-state index contributed by atoms with van der Waals surface area (Å²) in [6.07, 6.45) is 2.76. The van der Waals surface area contributed by atoms with Crippen molar-refractivity contribution in [1.82, 2.24) is 15.1 Å². The number of benzene rings is 2. The second-order valence-corrected chi connectivity index (χ2v) is 8.41. The molecule has 1 N–H and O–H groups in total. The predicted octanol–water partition coefficient (Wildman–Crippen LogP) is 3.08. The lowest BCUT2D eigenvalue weighted by atomic mass is 9.98. The van der Waals surface area contributed by atoms with Gasteiger partial charge in [0.25, 0.3) is 0 Å². The van der Waals surface area contributed by atoms with E-state index >= 15 is 0 Å². The van der Waals surface area contributed by atoms with Crippen molar-refractivity contribution in [2.24, 2.45) is 0 Å².